The summed E-state index contributed by atoms with van der Waals surface area (Å²) in [6.45, 7) is 2.61. The van der Waals surface area contributed by atoms with E-state index in [1.807, 2.05) is 10.7 Å². The monoisotopic (exact) mass is 420 g/mol. The molecular weight excluding hydrogens is 396 g/mol. The molecule has 0 spiro atoms. The number of amides is 2. The van der Waals surface area contributed by atoms with Crippen LogP contribution >= 0.6 is 0 Å². The van der Waals surface area contributed by atoms with E-state index in [-0.39, 0.29) is 11.8 Å². The van der Waals surface area contributed by atoms with Crippen LogP contribution < -0.4 is 0 Å². The summed E-state index contributed by atoms with van der Waals surface area (Å²) in [5.41, 5.74) is 2.33. The summed E-state index contributed by atoms with van der Waals surface area (Å²) < 4.78 is 1.83. The van der Waals surface area contributed by atoms with Gasteiger partial charge in [0.15, 0.2) is 11.3 Å². The Morgan fingerprint density at radius 1 is 1.00 bits per heavy atom. The van der Waals surface area contributed by atoms with Crippen molar-refractivity contribution in [1.82, 2.24) is 29.5 Å². The minimum atomic E-state index is -0.476. The van der Waals surface area contributed by atoms with E-state index in [9.17, 15) is 14.7 Å². The zero-order chi connectivity index (χ0) is 21.4. The molecule has 0 radical (unpaired) electrons. The molecule has 2 aliphatic heterocycles. The number of fused-ring (bicyclic) bond motifs is 2. The molecule has 0 aliphatic carbocycles. The molecule has 1 N–H and O–H groups in total. The molecule has 1 saturated heterocycles. The zero-order valence-corrected chi connectivity index (χ0v) is 17.1. The number of β-amino-alcohol motifs (C(OH)–C–C–N with tert-alkyl or cyclic N) is 1. The highest BCUT2D eigenvalue weighted by molar-refractivity contribution is 6.05. The SMILES string of the molecule is O=C(c1cc2n(n1)CCCN(C(=O)c1ccnc3ncccc13)C2)N1CCC[C@@H](O)C1. The van der Waals surface area contributed by atoms with Gasteiger partial charge >= 0.3 is 0 Å². The summed E-state index contributed by atoms with van der Waals surface area (Å²) >= 11 is 0. The molecule has 2 amide bonds. The fraction of sp³-hybridized carbons (Fsp3) is 0.409. The molecule has 9 nitrogen and oxygen atoms in total. The predicted octanol–water partition coefficient (Wildman–Crippen LogP) is 1.47. The van der Waals surface area contributed by atoms with Crippen LogP contribution in [0, 0.1) is 0 Å². The summed E-state index contributed by atoms with van der Waals surface area (Å²) in [7, 11) is 0. The summed E-state index contributed by atoms with van der Waals surface area (Å²) in [4.78, 5) is 38.2. The molecule has 31 heavy (non-hydrogen) atoms. The van der Waals surface area contributed by atoms with Crippen LogP contribution in [0.4, 0.5) is 0 Å². The molecule has 5 heterocycles. The number of hydrogen-bond donors (Lipinski definition) is 1. The lowest BCUT2D eigenvalue weighted by atomic mass is 10.1. The predicted molar refractivity (Wildman–Crippen MR) is 112 cm³/mol. The Hall–Kier alpha value is -3.33. The second-order valence-corrected chi connectivity index (χ2v) is 8.10. The first-order valence-corrected chi connectivity index (χ1v) is 10.6. The normalized spacial score (nSPS) is 19.2. The Balaban J connectivity index is 1.39. The average molecular weight is 420 g/mol. The third-order valence-corrected chi connectivity index (χ3v) is 5.95. The molecule has 0 aromatic carbocycles. The van der Waals surface area contributed by atoms with E-state index < -0.39 is 6.10 Å². The van der Waals surface area contributed by atoms with E-state index in [4.69, 9.17) is 0 Å². The average Bonchev–Trinajstić information content (AvgIpc) is 3.09. The Labute approximate surface area is 179 Å². The van der Waals surface area contributed by atoms with Gasteiger partial charge in [0.2, 0.25) is 0 Å². The van der Waals surface area contributed by atoms with Crippen molar-refractivity contribution in [2.24, 2.45) is 0 Å². The van der Waals surface area contributed by atoms with Gasteiger partial charge in [-0.25, -0.2) is 9.97 Å². The lowest BCUT2D eigenvalue weighted by Gasteiger charge is -2.29. The van der Waals surface area contributed by atoms with E-state index in [0.29, 0.717) is 49.6 Å². The molecule has 160 valence electrons. The smallest absolute Gasteiger partial charge is 0.274 e. The number of aliphatic hydroxyl groups excluding tert-OH is 1. The van der Waals surface area contributed by atoms with Crippen LogP contribution in [0.25, 0.3) is 11.0 Å². The van der Waals surface area contributed by atoms with Gasteiger partial charge in [0.25, 0.3) is 11.8 Å². The quantitative estimate of drug-likeness (QED) is 0.673. The van der Waals surface area contributed by atoms with Crippen molar-refractivity contribution in [2.45, 2.75) is 38.5 Å². The van der Waals surface area contributed by atoms with Gasteiger partial charge < -0.3 is 14.9 Å². The van der Waals surface area contributed by atoms with E-state index in [1.54, 1.807) is 40.4 Å². The fourth-order valence-electron chi connectivity index (χ4n) is 4.38. The molecule has 1 fully saturated rings. The highest BCUT2D eigenvalue weighted by Gasteiger charge is 2.28. The van der Waals surface area contributed by atoms with Crippen LogP contribution in [-0.4, -0.2) is 72.2 Å². The minimum Gasteiger partial charge on any atom is -0.391 e. The molecule has 5 rings (SSSR count). The number of likely N-dealkylation sites (tertiary alicyclic amines) is 1. The highest BCUT2D eigenvalue weighted by Crippen LogP contribution is 2.21. The molecule has 0 saturated carbocycles. The third kappa shape index (κ3) is 3.76. The number of aryl methyl sites for hydroxylation is 1. The molecule has 3 aromatic heterocycles. The van der Waals surface area contributed by atoms with Crippen molar-refractivity contribution in [3.8, 4) is 0 Å². The third-order valence-electron chi connectivity index (χ3n) is 5.95. The Morgan fingerprint density at radius 3 is 2.71 bits per heavy atom. The van der Waals surface area contributed by atoms with Crippen LogP contribution in [0.3, 0.4) is 0 Å². The van der Waals surface area contributed by atoms with E-state index in [1.165, 1.54) is 0 Å². The second kappa shape index (κ2) is 8.07. The van der Waals surface area contributed by atoms with Gasteiger partial charge in [-0.1, -0.05) is 0 Å². The Kier molecular flexibility index (Phi) is 5.11. The van der Waals surface area contributed by atoms with Crippen LogP contribution in [0.15, 0.2) is 36.7 Å². The molecule has 2 aliphatic rings. The maximum absolute atomic E-state index is 13.3. The molecule has 3 aromatic rings. The fourth-order valence-corrected chi connectivity index (χ4v) is 4.38. The second-order valence-electron chi connectivity index (χ2n) is 8.10. The number of carbonyl (C=O) groups excluding carboxylic acids is 2. The van der Waals surface area contributed by atoms with Crippen molar-refractivity contribution in [3.63, 3.8) is 0 Å². The van der Waals surface area contributed by atoms with Gasteiger partial charge in [-0.15, -0.1) is 0 Å². The lowest BCUT2D eigenvalue weighted by molar-refractivity contribution is 0.0468. The number of aliphatic hydroxyl groups is 1. The van der Waals surface area contributed by atoms with Gasteiger partial charge in [0.05, 0.1) is 23.9 Å². The summed E-state index contributed by atoms with van der Waals surface area (Å²) in [6, 6.07) is 7.16. The van der Waals surface area contributed by atoms with Crippen LogP contribution in [0.5, 0.6) is 0 Å². The summed E-state index contributed by atoms with van der Waals surface area (Å²) in [6.07, 6.45) is 5.05. The number of piperidine rings is 1. The Morgan fingerprint density at radius 2 is 1.84 bits per heavy atom. The highest BCUT2D eigenvalue weighted by atomic mass is 16.3. The van der Waals surface area contributed by atoms with E-state index >= 15 is 0 Å². The maximum Gasteiger partial charge on any atom is 0.274 e. The summed E-state index contributed by atoms with van der Waals surface area (Å²) in [5.74, 6) is -0.245. The van der Waals surface area contributed by atoms with Crippen molar-refractivity contribution in [3.05, 3.63) is 53.6 Å². The molecule has 9 heteroatoms. The van der Waals surface area contributed by atoms with Crippen molar-refractivity contribution in [1.29, 1.82) is 0 Å². The largest absolute Gasteiger partial charge is 0.391 e. The first kappa shape index (κ1) is 19.6. The van der Waals surface area contributed by atoms with Gasteiger partial charge in [-0.05, 0) is 43.5 Å². The number of carbonyl (C=O) groups is 2. The van der Waals surface area contributed by atoms with Gasteiger partial charge in [-0.3, -0.25) is 14.3 Å². The van der Waals surface area contributed by atoms with Crippen LogP contribution in [-0.2, 0) is 13.1 Å². The van der Waals surface area contributed by atoms with Gasteiger partial charge in [-0.2, -0.15) is 5.10 Å². The molecule has 0 unspecified atom stereocenters. The summed E-state index contributed by atoms with van der Waals surface area (Å²) in [5, 5.41) is 15.1. The zero-order valence-electron chi connectivity index (χ0n) is 17.1. The maximum atomic E-state index is 13.3. The number of pyridine rings is 2. The molecular formula is C22H24N6O3. The first-order valence-electron chi connectivity index (χ1n) is 10.6. The van der Waals surface area contributed by atoms with E-state index in [0.717, 1.165) is 30.3 Å². The first-order chi connectivity index (χ1) is 15.1. The minimum absolute atomic E-state index is 0.0814. The van der Waals surface area contributed by atoms with Crippen molar-refractivity contribution >= 4 is 22.8 Å². The topological polar surface area (TPSA) is 104 Å². The van der Waals surface area contributed by atoms with Gasteiger partial charge in [0.1, 0.15) is 0 Å². The van der Waals surface area contributed by atoms with E-state index in [2.05, 4.69) is 15.1 Å². The number of hydrogen-bond acceptors (Lipinski definition) is 6. The number of aromatic nitrogens is 4. The van der Waals surface area contributed by atoms with Crippen molar-refractivity contribution < 1.29 is 14.7 Å². The standard InChI is InChI=1S/C22H24N6O3/c29-16-4-2-9-27(14-16)22(31)19-12-15-13-26(10-3-11-28(15)25-19)21(30)18-6-8-24-20-17(18)5-1-7-23-20/h1,5-8,12,16,29H,2-4,9-11,13-14H2/t16-/m1/s1. The number of nitrogens with zero attached hydrogens (tertiary/aromatic N) is 6. The van der Waals surface area contributed by atoms with Gasteiger partial charge in [0, 0.05) is 44.0 Å². The molecule has 0 bridgehead atoms. The lowest BCUT2D eigenvalue weighted by Crippen LogP contribution is -2.42. The van der Waals surface area contributed by atoms with Crippen molar-refractivity contribution in [2.75, 3.05) is 19.6 Å². The molecule has 1 atom stereocenters. The van der Waals surface area contributed by atoms with Crippen LogP contribution in [0.2, 0.25) is 0 Å². The number of rotatable bonds is 2. The Bertz CT molecular complexity index is 1140. The van der Waals surface area contributed by atoms with Crippen LogP contribution in [0.1, 0.15) is 45.8 Å².